The van der Waals surface area contributed by atoms with E-state index in [1.54, 1.807) is 81.1 Å². The number of nitrogens with one attached hydrogen (secondary N) is 1. The standard InChI is InChI=1S/C18H14BrN3O5.C18H22BrN3O2.C13H13BrN2O2.C12H25B2O4.C12H11BrN2O2.C11H11BrN2O/c1-21-11-20-17(12-2-4-13(19)5-3-12)16(21)10-26-18(23)27-15-8-6-14(7-9-15)22(24)25;1-21-12-20-17(13-7-9-14(19)10-8-13)16(21)11-24-18(23)22(2)15-5-3-4-6-15;1-3-18-13(17)12-11(15-8-16(12)2)9-4-6-10(14)7-5-9;1-9(2,15)10(3,4)16-13-14-17-11(5,6)12(7,8)18-14;1-2-17-12(16)11-10(14-7-15-11)8-3-5-9(13)6-4-8;1-14-7-13-11(10(14)6-15)8-2-4-9(12)5-3-8/h2-9,11H,10H2,1H3;7-10,12,15H,3-6,11H2,1-2H3;4-8H,3H2,1-2H3;15H,1-8H3;3-7H,2H2,1H3,(H,14,15);2-5,7,15H,6H2,1H3. The average molecular weight is 1950 g/mol. The number of nitrogens with zero attached hydrogens (tertiary/aromatic N) is 11. The molecule has 6 heterocycles. The summed E-state index contributed by atoms with van der Waals surface area (Å²) in [6.07, 6.45) is 11.6. The van der Waals surface area contributed by atoms with E-state index in [1.807, 2.05) is 193 Å². The van der Waals surface area contributed by atoms with Crippen LogP contribution in [0.2, 0.25) is 0 Å². The topological polar surface area (TPSA) is 329 Å². The molecule has 1 saturated carbocycles. The summed E-state index contributed by atoms with van der Waals surface area (Å²) in [6.45, 7) is 19.5. The van der Waals surface area contributed by atoms with Gasteiger partial charge >= 0.3 is 38.6 Å². The lowest BCUT2D eigenvalue weighted by molar-refractivity contribution is -0.384. The van der Waals surface area contributed by atoms with Crippen LogP contribution in [0.25, 0.3) is 56.3 Å². The average Bonchev–Trinajstić information content (AvgIpc) is 1.66. The second-order valence-corrected chi connectivity index (χ2v) is 33.8. The van der Waals surface area contributed by atoms with Crippen molar-refractivity contribution in [2.24, 2.45) is 28.2 Å². The maximum Gasteiger partial charge on any atom is 0.514 e. The molecule has 119 heavy (non-hydrogen) atoms. The van der Waals surface area contributed by atoms with Gasteiger partial charge in [-0.15, -0.1) is 0 Å². The Balaban J connectivity index is 0.000000180. The van der Waals surface area contributed by atoms with E-state index in [-0.39, 0.29) is 60.5 Å². The van der Waals surface area contributed by atoms with E-state index in [4.69, 9.17) is 37.6 Å². The number of benzene rings is 6. The Hall–Kier alpha value is -9.42. The van der Waals surface area contributed by atoms with Gasteiger partial charge in [-0.05, 0) is 155 Å². The Labute approximate surface area is 735 Å². The quantitative estimate of drug-likeness (QED) is 0.0150. The van der Waals surface area contributed by atoms with Crippen LogP contribution in [0.5, 0.6) is 5.75 Å². The van der Waals surface area contributed by atoms with Crippen LogP contribution in [0, 0.1) is 10.1 Å². The van der Waals surface area contributed by atoms with Crippen LogP contribution in [-0.2, 0) is 80.9 Å². The molecule has 11 aromatic rings. The zero-order valence-electron chi connectivity index (χ0n) is 68.8. The summed E-state index contributed by atoms with van der Waals surface area (Å²) in [7, 11) is 10.2. The van der Waals surface area contributed by atoms with Crippen LogP contribution < -0.4 is 4.74 Å². The third kappa shape index (κ3) is 26.5. The van der Waals surface area contributed by atoms with E-state index in [2.05, 4.69) is 110 Å². The van der Waals surface area contributed by atoms with Crippen LogP contribution in [0.15, 0.2) is 200 Å². The first-order valence-electron chi connectivity index (χ1n) is 37.7. The molecule has 629 valence electrons. The molecule has 2 fully saturated rings. The number of rotatable bonds is 21. The van der Waals surface area contributed by atoms with Gasteiger partial charge in [-0.3, -0.25) is 10.1 Å². The van der Waals surface area contributed by atoms with Gasteiger partial charge in [0.15, 0.2) is 11.4 Å². The minimum Gasteiger partial charge on any atom is -0.461 e. The van der Waals surface area contributed by atoms with Crippen molar-refractivity contribution in [2.75, 3.05) is 20.3 Å². The normalized spacial score (nSPS) is 13.2. The fourth-order valence-corrected chi connectivity index (χ4v) is 12.8. The molecule has 5 aromatic heterocycles. The van der Waals surface area contributed by atoms with Gasteiger partial charge in [0.1, 0.15) is 30.4 Å². The molecule has 3 N–H and O–H groups in total. The molecule has 6 aromatic carbocycles. The molecule has 0 unspecified atom stereocenters. The highest BCUT2D eigenvalue weighted by Crippen LogP contribution is 2.38. The van der Waals surface area contributed by atoms with Crippen molar-refractivity contribution in [3.63, 3.8) is 0 Å². The van der Waals surface area contributed by atoms with E-state index in [9.17, 15) is 39.5 Å². The summed E-state index contributed by atoms with van der Waals surface area (Å²) in [5, 5.41) is 29.9. The second-order valence-electron chi connectivity index (χ2n) is 29.2. The number of H-pyrrole nitrogens is 1. The summed E-state index contributed by atoms with van der Waals surface area (Å²) in [5.41, 5.74) is 9.09. The summed E-state index contributed by atoms with van der Waals surface area (Å²) >= 11 is 16.9. The predicted octanol–water partition coefficient (Wildman–Crippen LogP) is 19.0. The van der Waals surface area contributed by atoms with Crippen LogP contribution in [0.3, 0.4) is 0 Å². The number of aliphatic hydroxyl groups excluding tert-OH is 1. The lowest BCUT2D eigenvalue weighted by Gasteiger charge is -2.37. The Bertz CT molecular complexity index is 5130. The summed E-state index contributed by atoms with van der Waals surface area (Å²) in [6, 6.07) is 44.2. The number of halogens is 5. The Morgan fingerprint density at radius 3 is 1.35 bits per heavy atom. The van der Waals surface area contributed by atoms with Crippen molar-refractivity contribution < 1.29 is 72.0 Å². The number of imidazole rings is 5. The smallest absolute Gasteiger partial charge is 0.461 e. The third-order valence-electron chi connectivity index (χ3n) is 19.7. The van der Waals surface area contributed by atoms with Gasteiger partial charge in [0.05, 0.1) is 113 Å². The van der Waals surface area contributed by atoms with Crippen LogP contribution >= 0.6 is 79.6 Å². The monoisotopic (exact) mass is 1950 g/mol. The fraction of sp³-hybridized carbons (Fsp3) is 0.345. The predicted molar refractivity (Wildman–Crippen MR) is 472 cm³/mol. The fourth-order valence-electron chi connectivity index (χ4n) is 11.5. The molecule has 28 nitrogen and oxygen atoms in total. The van der Waals surface area contributed by atoms with Crippen molar-refractivity contribution in [1.82, 2.24) is 53.1 Å². The number of nitro benzene ring substituents is 1. The highest BCUT2D eigenvalue weighted by molar-refractivity contribution is 9.11. The molecule has 0 spiro atoms. The molecule has 1 saturated heterocycles. The first-order valence-corrected chi connectivity index (χ1v) is 41.7. The highest BCUT2D eigenvalue weighted by atomic mass is 79.9. The maximum absolute atomic E-state index is 12.3. The van der Waals surface area contributed by atoms with E-state index in [0.29, 0.717) is 53.4 Å². The number of aromatic nitrogens is 10. The molecule has 0 atom stereocenters. The number of hydrogen-bond acceptors (Lipinski definition) is 21. The molecule has 2 aliphatic rings. The highest BCUT2D eigenvalue weighted by Gasteiger charge is 2.52. The van der Waals surface area contributed by atoms with Crippen molar-refractivity contribution in [3.05, 3.63) is 238 Å². The number of non-ortho nitro benzene ring substituents is 1. The molecule has 0 bridgehead atoms. The van der Waals surface area contributed by atoms with E-state index >= 15 is 0 Å². The summed E-state index contributed by atoms with van der Waals surface area (Å²) < 4.78 is 55.1. The SMILES string of the molecule is CC(C)(O)C(C)(C)O[B]B1OC(C)(C)C(C)(C)O1.CCOC(=O)c1[nH]cnc1-c1ccc(Br)cc1.CCOC(=O)c1c(-c2ccc(Br)cc2)ncn1C.CN(C(=O)OCc1c(-c2ccc(Br)cc2)ncn1C)C1CCCC1.Cn1cnc(-c2ccc(Br)cc2)c1CO.Cn1cnc(-c2ccc(Br)cc2)c1COC(=O)Oc1ccc([N+](=O)[O-])cc1. The first kappa shape index (κ1) is 95.1. The number of nitro groups is 1. The van der Waals surface area contributed by atoms with Crippen molar-refractivity contribution in [3.8, 4) is 62.0 Å². The van der Waals surface area contributed by atoms with Gasteiger partial charge in [-0.25, -0.2) is 44.1 Å². The Morgan fingerprint density at radius 1 is 0.563 bits per heavy atom. The molecular weight excluding hydrogens is 1850 g/mol. The van der Waals surface area contributed by atoms with Crippen LogP contribution in [-0.4, -0.2) is 155 Å². The van der Waals surface area contributed by atoms with Gasteiger partial charge in [-0.2, -0.15) is 0 Å². The number of ether oxygens (including phenoxy) is 5. The minimum atomic E-state index is -0.951. The number of amides is 1. The Kier molecular flexibility index (Phi) is 34.9. The number of aromatic amines is 1. The van der Waals surface area contributed by atoms with Gasteiger partial charge in [-0.1, -0.05) is 153 Å². The number of aliphatic hydroxyl groups is 2. The van der Waals surface area contributed by atoms with Crippen molar-refractivity contribution >= 4 is 124 Å². The van der Waals surface area contributed by atoms with Gasteiger partial charge < -0.3 is 76.0 Å². The molecule has 1 aliphatic carbocycles. The van der Waals surface area contributed by atoms with Crippen LogP contribution in [0.1, 0.15) is 133 Å². The second kappa shape index (κ2) is 43.7. The number of carbonyl (C=O) groups is 4. The van der Waals surface area contributed by atoms with E-state index < -0.39 is 29.3 Å². The lowest BCUT2D eigenvalue weighted by Crippen LogP contribution is -2.50. The molecule has 1 radical (unpaired) electrons. The van der Waals surface area contributed by atoms with E-state index in [1.165, 1.54) is 50.8 Å². The number of aryl methyl sites for hydroxylation is 4. The van der Waals surface area contributed by atoms with Gasteiger partial charge in [0.2, 0.25) is 0 Å². The largest absolute Gasteiger partial charge is 0.514 e. The van der Waals surface area contributed by atoms with Crippen molar-refractivity contribution in [2.45, 2.75) is 143 Å². The van der Waals surface area contributed by atoms with Crippen LogP contribution in [0.4, 0.5) is 15.3 Å². The maximum atomic E-state index is 12.3. The molecule has 13 rings (SSSR count). The number of carbonyl (C=O) groups excluding carboxylic acids is 4. The number of esters is 2. The Morgan fingerprint density at radius 2 is 0.941 bits per heavy atom. The molecule has 1 aliphatic heterocycles. The summed E-state index contributed by atoms with van der Waals surface area (Å²) in [4.78, 5) is 83.9. The third-order valence-corrected chi connectivity index (χ3v) is 22.4. The molecule has 1 amide bonds. The lowest BCUT2D eigenvalue weighted by atomic mass is 9.55. The van der Waals surface area contributed by atoms with E-state index in [0.717, 1.165) is 85.8 Å². The zero-order valence-corrected chi connectivity index (χ0v) is 76.7. The first-order chi connectivity index (χ1) is 56.3. The number of hydrogen-bond donors (Lipinski definition) is 3. The molecular formula is C84H96B2Br5N12O16. The van der Waals surface area contributed by atoms with Gasteiger partial charge in [0, 0.05) is 104 Å². The minimum absolute atomic E-state index is 0.00188. The van der Waals surface area contributed by atoms with Gasteiger partial charge in [0.25, 0.3) is 5.69 Å². The molecule has 35 heteroatoms. The zero-order chi connectivity index (χ0) is 87.1. The van der Waals surface area contributed by atoms with Crippen molar-refractivity contribution in [1.29, 1.82) is 0 Å². The summed E-state index contributed by atoms with van der Waals surface area (Å²) in [5.74, 6) is -0.581.